The highest BCUT2D eigenvalue weighted by molar-refractivity contribution is 5.67. The van der Waals surface area contributed by atoms with Gasteiger partial charge in [-0.1, -0.05) is 19.1 Å². The van der Waals surface area contributed by atoms with E-state index in [1.54, 1.807) is 12.1 Å². The van der Waals surface area contributed by atoms with Gasteiger partial charge in [0.2, 0.25) is 0 Å². The zero-order valence-corrected chi connectivity index (χ0v) is 11.9. The lowest BCUT2D eigenvalue weighted by molar-refractivity contribution is -0.138. The summed E-state index contributed by atoms with van der Waals surface area (Å²) in [4.78, 5) is 13.2. The molecule has 20 heavy (non-hydrogen) atoms. The number of carboxylic acids is 1. The van der Waals surface area contributed by atoms with Crippen LogP contribution in [0.1, 0.15) is 44.2 Å². The van der Waals surface area contributed by atoms with E-state index >= 15 is 0 Å². The van der Waals surface area contributed by atoms with Crippen LogP contribution in [-0.4, -0.2) is 29.1 Å². The fourth-order valence-corrected chi connectivity index (χ4v) is 3.21. The molecule has 0 aromatic heterocycles. The lowest BCUT2D eigenvalue weighted by atomic mass is 9.91. The normalized spacial score (nSPS) is 21.6. The van der Waals surface area contributed by atoms with Crippen LogP contribution in [0.5, 0.6) is 0 Å². The zero-order valence-electron chi connectivity index (χ0n) is 11.9. The first-order valence-corrected chi connectivity index (χ1v) is 7.31. The number of rotatable bonds is 5. The smallest absolute Gasteiger partial charge is 0.303 e. The fraction of sp³-hybridized carbons (Fsp3) is 0.562. The maximum atomic E-state index is 13.4. The van der Waals surface area contributed by atoms with Gasteiger partial charge < -0.3 is 5.11 Å². The van der Waals surface area contributed by atoms with E-state index in [1.807, 2.05) is 6.07 Å². The molecule has 1 aliphatic heterocycles. The van der Waals surface area contributed by atoms with Gasteiger partial charge in [0.25, 0.3) is 0 Å². The van der Waals surface area contributed by atoms with Crippen LogP contribution >= 0.6 is 0 Å². The summed E-state index contributed by atoms with van der Waals surface area (Å²) in [6.07, 6.45) is 3.13. The van der Waals surface area contributed by atoms with Crippen molar-refractivity contribution in [3.63, 3.8) is 0 Å². The SMILES string of the molecule is CCC(c1cccc(F)c1)N1CCCC(CC(=O)O)C1. The lowest BCUT2D eigenvalue weighted by Gasteiger charge is -2.38. The van der Waals surface area contributed by atoms with E-state index in [4.69, 9.17) is 5.11 Å². The van der Waals surface area contributed by atoms with E-state index in [9.17, 15) is 9.18 Å². The molecule has 2 atom stereocenters. The van der Waals surface area contributed by atoms with Crippen molar-refractivity contribution >= 4 is 5.97 Å². The molecule has 0 aliphatic carbocycles. The average molecular weight is 279 g/mol. The molecule has 0 amide bonds. The Hall–Kier alpha value is -1.42. The molecule has 1 N–H and O–H groups in total. The largest absolute Gasteiger partial charge is 0.481 e. The second-order valence-corrected chi connectivity index (χ2v) is 5.58. The fourth-order valence-electron chi connectivity index (χ4n) is 3.21. The van der Waals surface area contributed by atoms with Gasteiger partial charge in [0, 0.05) is 19.0 Å². The highest BCUT2D eigenvalue weighted by atomic mass is 19.1. The first-order valence-electron chi connectivity index (χ1n) is 7.31. The third-order valence-electron chi connectivity index (χ3n) is 4.07. The van der Waals surface area contributed by atoms with Crippen LogP contribution in [0.4, 0.5) is 4.39 Å². The number of aliphatic carboxylic acids is 1. The van der Waals surface area contributed by atoms with Gasteiger partial charge in [-0.05, 0) is 49.4 Å². The Kier molecular flexibility index (Phi) is 5.12. The summed E-state index contributed by atoms with van der Waals surface area (Å²) in [6.45, 7) is 3.85. The first-order chi connectivity index (χ1) is 9.60. The summed E-state index contributed by atoms with van der Waals surface area (Å²) in [6, 6.07) is 6.93. The average Bonchev–Trinajstić information content (AvgIpc) is 2.39. The number of benzene rings is 1. The van der Waals surface area contributed by atoms with Crippen LogP contribution < -0.4 is 0 Å². The molecular weight excluding hydrogens is 257 g/mol. The molecule has 1 aromatic rings. The van der Waals surface area contributed by atoms with Gasteiger partial charge in [-0.2, -0.15) is 0 Å². The van der Waals surface area contributed by atoms with Crippen molar-refractivity contribution < 1.29 is 14.3 Å². The number of halogens is 1. The predicted octanol–water partition coefficient (Wildman–Crippen LogP) is 3.46. The van der Waals surface area contributed by atoms with Crippen LogP contribution in [0.25, 0.3) is 0 Å². The van der Waals surface area contributed by atoms with E-state index in [-0.39, 0.29) is 24.2 Å². The standard InChI is InChI=1S/C16H22FNO2/c1-2-15(13-6-3-7-14(17)10-13)18-8-4-5-12(11-18)9-16(19)20/h3,6-7,10,12,15H,2,4-5,8-9,11H2,1H3,(H,19,20). The Labute approximate surface area is 119 Å². The topological polar surface area (TPSA) is 40.5 Å². The summed E-state index contributed by atoms with van der Waals surface area (Å²) in [5.74, 6) is -0.723. The Balaban J connectivity index is 2.09. The summed E-state index contributed by atoms with van der Waals surface area (Å²) in [5.41, 5.74) is 0.989. The van der Waals surface area contributed by atoms with Crippen molar-refractivity contribution in [2.75, 3.05) is 13.1 Å². The molecular formula is C16H22FNO2. The van der Waals surface area contributed by atoms with Gasteiger partial charge in [-0.3, -0.25) is 9.69 Å². The van der Waals surface area contributed by atoms with E-state index in [2.05, 4.69) is 11.8 Å². The van der Waals surface area contributed by atoms with Crippen LogP contribution in [0.3, 0.4) is 0 Å². The maximum absolute atomic E-state index is 13.4. The molecule has 0 saturated carbocycles. The Morgan fingerprint density at radius 3 is 3.00 bits per heavy atom. The monoisotopic (exact) mass is 279 g/mol. The zero-order chi connectivity index (χ0) is 14.5. The van der Waals surface area contributed by atoms with Gasteiger partial charge in [0.15, 0.2) is 0 Å². The number of likely N-dealkylation sites (tertiary alicyclic amines) is 1. The van der Waals surface area contributed by atoms with Crippen molar-refractivity contribution in [1.82, 2.24) is 4.90 Å². The molecule has 1 saturated heterocycles. The third-order valence-corrected chi connectivity index (χ3v) is 4.07. The number of carbonyl (C=O) groups is 1. The summed E-state index contributed by atoms with van der Waals surface area (Å²) in [5, 5.41) is 8.93. The van der Waals surface area contributed by atoms with Crippen LogP contribution in [-0.2, 0) is 4.79 Å². The van der Waals surface area contributed by atoms with Crippen LogP contribution in [0.15, 0.2) is 24.3 Å². The second-order valence-electron chi connectivity index (χ2n) is 5.58. The molecule has 110 valence electrons. The molecule has 2 rings (SSSR count). The van der Waals surface area contributed by atoms with Crippen molar-refractivity contribution in [1.29, 1.82) is 0 Å². The molecule has 1 aromatic carbocycles. The van der Waals surface area contributed by atoms with Gasteiger partial charge >= 0.3 is 5.97 Å². The predicted molar refractivity (Wildman–Crippen MR) is 76.0 cm³/mol. The van der Waals surface area contributed by atoms with Crippen LogP contribution in [0, 0.1) is 11.7 Å². The number of nitrogens with zero attached hydrogens (tertiary/aromatic N) is 1. The molecule has 0 spiro atoms. The number of hydrogen-bond acceptors (Lipinski definition) is 2. The Morgan fingerprint density at radius 2 is 2.35 bits per heavy atom. The third kappa shape index (κ3) is 3.79. The molecule has 0 bridgehead atoms. The quantitative estimate of drug-likeness (QED) is 0.897. The van der Waals surface area contributed by atoms with E-state index in [0.717, 1.165) is 37.9 Å². The summed E-state index contributed by atoms with van der Waals surface area (Å²) < 4.78 is 13.4. The van der Waals surface area contributed by atoms with E-state index in [0.29, 0.717) is 0 Å². The van der Waals surface area contributed by atoms with Crippen LogP contribution in [0.2, 0.25) is 0 Å². The van der Waals surface area contributed by atoms with Gasteiger partial charge in [-0.15, -0.1) is 0 Å². The number of hydrogen-bond donors (Lipinski definition) is 1. The lowest BCUT2D eigenvalue weighted by Crippen LogP contribution is -2.38. The minimum Gasteiger partial charge on any atom is -0.481 e. The second kappa shape index (κ2) is 6.84. The van der Waals surface area contributed by atoms with Crippen molar-refractivity contribution in [2.45, 2.75) is 38.6 Å². The van der Waals surface area contributed by atoms with Gasteiger partial charge in [-0.25, -0.2) is 4.39 Å². The Morgan fingerprint density at radius 1 is 1.55 bits per heavy atom. The highest BCUT2D eigenvalue weighted by Gasteiger charge is 2.27. The van der Waals surface area contributed by atoms with Gasteiger partial charge in [0.05, 0.1) is 0 Å². The molecule has 0 radical (unpaired) electrons. The molecule has 3 nitrogen and oxygen atoms in total. The van der Waals surface area contributed by atoms with Crippen molar-refractivity contribution in [3.8, 4) is 0 Å². The minimum atomic E-state index is -0.726. The summed E-state index contributed by atoms with van der Waals surface area (Å²) in [7, 11) is 0. The highest BCUT2D eigenvalue weighted by Crippen LogP contribution is 2.30. The van der Waals surface area contributed by atoms with Crippen molar-refractivity contribution in [2.24, 2.45) is 5.92 Å². The number of piperidine rings is 1. The molecule has 1 heterocycles. The molecule has 1 fully saturated rings. The van der Waals surface area contributed by atoms with E-state index in [1.165, 1.54) is 6.07 Å². The Bertz CT molecular complexity index is 464. The van der Waals surface area contributed by atoms with E-state index < -0.39 is 5.97 Å². The molecule has 4 heteroatoms. The van der Waals surface area contributed by atoms with Gasteiger partial charge in [0.1, 0.15) is 5.82 Å². The maximum Gasteiger partial charge on any atom is 0.303 e. The minimum absolute atomic E-state index is 0.183. The summed E-state index contributed by atoms with van der Waals surface area (Å²) >= 11 is 0. The molecule has 2 unspecified atom stereocenters. The first kappa shape index (κ1) is 15.0. The number of carboxylic acid groups (broad SMARTS) is 1. The molecule has 1 aliphatic rings. The van der Waals surface area contributed by atoms with Crippen molar-refractivity contribution in [3.05, 3.63) is 35.6 Å².